The van der Waals surface area contributed by atoms with E-state index in [1.807, 2.05) is 6.07 Å². The van der Waals surface area contributed by atoms with E-state index in [1.165, 1.54) is 12.1 Å². The van der Waals surface area contributed by atoms with E-state index in [4.69, 9.17) is 4.99 Å². The summed E-state index contributed by atoms with van der Waals surface area (Å²) in [6.45, 7) is 8.32. The fraction of sp³-hybridized carbons (Fsp3) is 0.522. The van der Waals surface area contributed by atoms with Gasteiger partial charge in [-0.05, 0) is 41.4 Å². The van der Waals surface area contributed by atoms with Crippen LogP contribution in [0.25, 0.3) is 0 Å². The summed E-state index contributed by atoms with van der Waals surface area (Å²) >= 11 is 0. The number of hydrogen-bond donors (Lipinski definition) is 0. The average molecular weight is 367 g/mol. The fourth-order valence-corrected chi connectivity index (χ4v) is 5.07. The van der Waals surface area contributed by atoms with Crippen molar-refractivity contribution in [1.29, 1.82) is 0 Å². The molecule has 1 aromatic rings. The van der Waals surface area contributed by atoms with E-state index in [9.17, 15) is 14.0 Å². The van der Waals surface area contributed by atoms with Gasteiger partial charge in [0.1, 0.15) is 11.6 Å². The second-order valence-electron chi connectivity index (χ2n) is 9.90. The van der Waals surface area contributed by atoms with Crippen molar-refractivity contribution in [3.8, 4) is 0 Å². The monoisotopic (exact) mass is 367 g/mol. The molecule has 1 fully saturated rings. The van der Waals surface area contributed by atoms with Crippen LogP contribution in [-0.4, -0.2) is 17.3 Å². The molecule has 0 radical (unpaired) electrons. The first-order valence-electron chi connectivity index (χ1n) is 9.68. The maximum atomic E-state index is 14.0. The van der Waals surface area contributed by atoms with Gasteiger partial charge in [-0.3, -0.25) is 14.6 Å². The van der Waals surface area contributed by atoms with Gasteiger partial charge in [-0.2, -0.15) is 0 Å². The molecular formula is C23H26FNO2. The van der Waals surface area contributed by atoms with Gasteiger partial charge in [0.25, 0.3) is 0 Å². The Kier molecular flexibility index (Phi) is 4.03. The van der Waals surface area contributed by atoms with Gasteiger partial charge < -0.3 is 0 Å². The molecule has 27 heavy (non-hydrogen) atoms. The summed E-state index contributed by atoms with van der Waals surface area (Å²) in [7, 11) is 0. The highest BCUT2D eigenvalue weighted by atomic mass is 19.1. The van der Waals surface area contributed by atoms with Crippen LogP contribution in [-0.2, 0) is 9.59 Å². The molecule has 3 aliphatic rings. The number of carbonyl (C=O) groups excluding carboxylic acids is 2. The fourth-order valence-electron chi connectivity index (χ4n) is 5.07. The molecule has 1 aromatic carbocycles. The Hall–Kier alpha value is -2.10. The Morgan fingerprint density at radius 1 is 0.963 bits per heavy atom. The molecule has 3 nitrogen and oxygen atoms in total. The lowest BCUT2D eigenvalue weighted by molar-refractivity contribution is -0.124. The van der Waals surface area contributed by atoms with Crippen LogP contribution in [0.4, 0.5) is 4.39 Å². The summed E-state index contributed by atoms with van der Waals surface area (Å²) in [5.41, 5.74) is 2.75. The highest BCUT2D eigenvalue weighted by Crippen LogP contribution is 2.51. The molecule has 1 heterocycles. The van der Waals surface area contributed by atoms with E-state index in [-0.39, 0.29) is 28.2 Å². The minimum absolute atomic E-state index is 0.0518. The van der Waals surface area contributed by atoms with Gasteiger partial charge in [-0.15, -0.1) is 0 Å². The van der Waals surface area contributed by atoms with Gasteiger partial charge in [0.2, 0.25) is 0 Å². The molecule has 0 aromatic heterocycles. The van der Waals surface area contributed by atoms with E-state index in [1.54, 1.807) is 6.07 Å². The van der Waals surface area contributed by atoms with Crippen molar-refractivity contribution in [3.63, 3.8) is 0 Å². The number of benzene rings is 1. The summed E-state index contributed by atoms with van der Waals surface area (Å²) < 4.78 is 14.0. The van der Waals surface area contributed by atoms with Crippen LogP contribution in [0.1, 0.15) is 64.9 Å². The minimum Gasteiger partial charge on any atom is -0.299 e. The second-order valence-corrected chi connectivity index (χ2v) is 9.90. The molecule has 0 bridgehead atoms. The maximum absolute atomic E-state index is 14.0. The Balaban J connectivity index is 1.92. The zero-order valence-corrected chi connectivity index (χ0v) is 16.4. The summed E-state index contributed by atoms with van der Waals surface area (Å²) in [6, 6.07) is 6.36. The summed E-state index contributed by atoms with van der Waals surface area (Å²) in [5.74, 6) is -1.02. The van der Waals surface area contributed by atoms with E-state index in [2.05, 4.69) is 27.7 Å². The van der Waals surface area contributed by atoms with E-state index >= 15 is 0 Å². The van der Waals surface area contributed by atoms with Crippen molar-refractivity contribution >= 4 is 17.3 Å². The Bertz CT molecular complexity index is 907. The number of hydrogen-bond acceptors (Lipinski definition) is 3. The number of fused-ring (bicyclic) bond motifs is 1. The van der Waals surface area contributed by atoms with Crippen LogP contribution in [0.5, 0.6) is 0 Å². The first kappa shape index (κ1) is 18.3. The SMILES string of the molecule is CC1(C)CC(=O)C2C(=NC3=C(C(=O)CC(C)(C)C3)[C@H]2c2cccc(F)c2)C1. The third-order valence-electron chi connectivity index (χ3n) is 6.05. The number of halogens is 1. The molecule has 1 saturated carbocycles. The van der Waals surface area contributed by atoms with Gasteiger partial charge in [-0.25, -0.2) is 4.39 Å². The quantitative estimate of drug-likeness (QED) is 0.700. The standard InChI is InChI=1S/C23H26FNO2/c1-22(2)9-15-20(17(26)11-22)19(13-6-5-7-14(24)8-13)21-16(25-15)10-23(3,4)12-18(21)27/h5-8,19-20H,9-12H2,1-4H3/t19-,20?/m0/s1. The van der Waals surface area contributed by atoms with E-state index < -0.39 is 11.8 Å². The number of ketones is 2. The van der Waals surface area contributed by atoms with Crippen LogP contribution in [0, 0.1) is 22.6 Å². The Morgan fingerprint density at radius 3 is 2.37 bits per heavy atom. The third kappa shape index (κ3) is 3.19. The summed E-state index contributed by atoms with van der Waals surface area (Å²) in [5, 5.41) is 0. The smallest absolute Gasteiger partial charge is 0.161 e. The molecule has 142 valence electrons. The molecule has 1 aliphatic heterocycles. The molecular weight excluding hydrogens is 341 g/mol. The highest BCUT2D eigenvalue weighted by Gasteiger charge is 2.49. The maximum Gasteiger partial charge on any atom is 0.161 e. The predicted molar refractivity (Wildman–Crippen MR) is 103 cm³/mol. The summed E-state index contributed by atoms with van der Waals surface area (Å²) in [6.07, 6.45) is 2.35. The van der Waals surface area contributed by atoms with Crippen molar-refractivity contribution in [1.82, 2.24) is 0 Å². The minimum atomic E-state index is -0.441. The number of rotatable bonds is 1. The number of aliphatic imine (C=N–C) groups is 1. The zero-order valence-electron chi connectivity index (χ0n) is 16.4. The second kappa shape index (κ2) is 5.95. The van der Waals surface area contributed by atoms with Gasteiger partial charge in [0.05, 0.1) is 5.92 Å². The number of allylic oxidation sites excluding steroid dienone is 2. The first-order valence-corrected chi connectivity index (χ1v) is 9.68. The average Bonchev–Trinajstić information content (AvgIpc) is 2.50. The zero-order chi connectivity index (χ0) is 19.6. The molecule has 0 spiro atoms. The topological polar surface area (TPSA) is 46.5 Å². The normalized spacial score (nSPS) is 29.1. The Labute approximate surface area is 159 Å². The lowest BCUT2D eigenvalue weighted by atomic mass is 9.60. The van der Waals surface area contributed by atoms with Crippen LogP contribution < -0.4 is 0 Å². The van der Waals surface area contributed by atoms with Gasteiger partial charge in [0, 0.05) is 35.7 Å². The Morgan fingerprint density at radius 2 is 1.67 bits per heavy atom. The summed E-state index contributed by atoms with van der Waals surface area (Å²) in [4.78, 5) is 31.1. The molecule has 0 saturated heterocycles. The van der Waals surface area contributed by atoms with Crippen LogP contribution in [0.2, 0.25) is 0 Å². The first-order chi connectivity index (χ1) is 12.6. The van der Waals surface area contributed by atoms with Crippen molar-refractivity contribution in [2.45, 2.75) is 59.3 Å². The lowest BCUT2D eigenvalue weighted by Crippen LogP contribution is -2.45. The molecule has 4 heteroatoms. The molecule has 0 N–H and O–H groups in total. The largest absolute Gasteiger partial charge is 0.299 e. The number of carbonyl (C=O) groups is 2. The van der Waals surface area contributed by atoms with Crippen molar-refractivity contribution in [2.24, 2.45) is 21.7 Å². The molecule has 1 unspecified atom stereocenters. The lowest BCUT2D eigenvalue weighted by Gasteiger charge is -2.44. The van der Waals surface area contributed by atoms with Crippen LogP contribution in [0.15, 0.2) is 40.5 Å². The van der Waals surface area contributed by atoms with E-state index in [0.717, 1.165) is 17.8 Å². The van der Waals surface area contributed by atoms with Gasteiger partial charge in [0.15, 0.2) is 5.78 Å². The van der Waals surface area contributed by atoms with Crippen molar-refractivity contribution < 1.29 is 14.0 Å². The highest BCUT2D eigenvalue weighted by molar-refractivity contribution is 6.13. The van der Waals surface area contributed by atoms with Crippen molar-refractivity contribution in [3.05, 3.63) is 46.9 Å². The molecule has 2 atom stereocenters. The molecule has 0 amide bonds. The van der Waals surface area contributed by atoms with E-state index in [0.29, 0.717) is 30.4 Å². The number of nitrogens with zero attached hydrogens (tertiary/aromatic N) is 1. The van der Waals surface area contributed by atoms with Gasteiger partial charge in [-0.1, -0.05) is 39.8 Å². The van der Waals surface area contributed by atoms with Crippen molar-refractivity contribution in [2.75, 3.05) is 0 Å². The molecule has 4 rings (SSSR count). The molecule has 2 aliphatic carbocycles. The third-order valence-corrected chi connectivity index (χ3v) is 6.05. The number of Topliss-reactive ketones (excluding diaryl/α,β-unsaturated/α-hetero) is 2. The van der Waals surface area contributed by atoms with Crippen LogP contribution in [0.3, 0.4) is 0 Å². The van der Waals surface area contributed by atoms with Gasteiger partial charge >= 0.3 is 0 Å². The predicted octanol–water partition coefficient (Wildman–Crippen LogP) is 5.01. The van der Waals surface area contributed by atoms with Crippen LogP contribution >= 0.6 is 0 Å².